The first-order chi connectivity index (χ1) is 8.03. The Hall–Kier alpha value is -0.430. The van der Waals surface area contributed by atoms with E-state index in [1.165, 1.54) is 0 Å². The zero-order chi connectivity index (χ0) is 12.7. The summed E-state index contributed by atoms with van der Waals surface area (Å²) in [6.45, 7) is 9.81. The minimum Gasteiger partial charge on any atom is -0.314 e. The van der Waals surface area contributed by atoms with Gasteiger partial charge in [-0.25, -0.2) is 13.1 Å². The zero-order valence-corrected chi connectivity index (χ0v) is 11.3. The molecule has 1 fully saturated rings. The molecule has 1 atom stereocenters. The zero-order valence-electron chi connectivity index (χ0n) is 10.5. The average molecular weight is 261 g/mol. The van der Waals surface area contributed by atoms with Gasteiger partial charge in [0.15, 0.2) is 0 Å². The Kier molecular flexibility index (Phi) is 6.11. The largest absolute Gasteiger partial charge is 0.314 e. The van der Waals surface area contributed by atoms with Gasteiger partial charge in [0, 0.05) is 38.8 Å². The van der Waals surface area contributed by atoms with E-state index in [2.05, 4.69) is 21.5 Å². The van der Waals surface area contributed by atoms with Gasteiger partial charge in [-0.1, -0.05) is 6.08 Å². The molecule has 1 heterocycles. The number of rotatable bonds is 7. The number of nitrogens with one attached hydrogen (secondary N) is 2. The van der Waals surface area contributed by atoms with Crippen molar-refractivity contribution in [3.63, 3.8) is 0 Å². The van der Waals surface area contributed by atoms with Gasteiger partial charge in [0.2, 0.25) is 10.0 Å². The van der Waals surface area contributed by atoms with Gasteiger partial charge in [-0.15, -0.1) is 6.58 Å². The lowest BCUT2D eigenvalue weighted by Gasteiger charge is -2.27. The van der Waals surface area contributed by atoms with E-state index >= 15 is 0 Å². The lowest BCUT2D eigenvalue weighted by Crippen LogP contribution is -2.46. The van der Waals surface area contributed by atoms with Gasteiger partial charge < -0.3 is 5.32 Å². The molecule has 1 unspecified atom stereocenters. The lowest BCUT2D eigenvalue weighted by atomic mass is 10.3. The Morgan fingerprint density at radius 1 is 1.47 bits per heavy atom. The summed E-state index contributed by atoms with van der Waals surface area (Å²) in [5.74, 6) is 0.175. The maximum atomic E-state index is 11.8. The summed E-state index contributed by atoms with van der Waals surface area (Å²) in [6.07, 6.45) is 2.39. The molecular formula is C11H23N3O2S. The van der Waals surface area contributed by atoms with Crippen molar-refractivity contribution in [2.45, 2.75) is 19.4 Å². The third-order valence-corrected chi connectivity index (χ3v) is 4.27. The molecule has 6 heteroatoms. The van der Waals surface area contributed by atoms with Gasteiger partial charge >= 0.3 is 0 Å². The molecule has 100 valence electrons. The van der Waals surface area contributed by atoms with Crippen molar-refractivity contribution in [3.8, 4) is 0 Å². The first kappa shape index (κ1) is 14.6. The standard InChI is InChI=1S/C11H23N3O2S/c1-3-4-11(2)13-17(15,16)10-9-14-7-5-12-6-8-14/h3,11-13H,1,4-10H2,2H3. The number of piperazine rings is 1. The van der Waals surface area contributed by atoms with Gasteiger partial charge in [0.05, 0.1) is 5.75 Å². The predicted octanol–water partition coefficient (Wildman–Crippen LogP) is -0.224. The molecule has 0 bridgehead atoms. The van der Waals surface area contributed by atoms with Crippen LogP contribution in [0.2, 0.25) is 0 Å². The molecule has 0 saturated carbocycles. The van der Waals surface area contributed by atoms with Crippen molar-refractivity contribution < 1.29 is 8.42 Å². The van der Waals surface area contributed by atoms with E-state index in [4.69, 9.17) is 0 Å². The van der Waals surface area contributed by atoms with Crippen LogP contribution < -0.4 is 10.0 Å². The monoisotopic (exact) mass is 261 g/mol. The van der Waals surface area contributed by atoms with Crippen molar-refractivity contribution >= 4 is 10.0 Å². The van der Waals surface area contributed by atoms with Crippen LogP contribution in [0.5, 0.6) is 0 Å². The number of hydrogen-bond donors (Lipinski definition) is 2. The van der Waals surface area contributed by atoms with Crippen molar-refractivity contribution in [3.05, 3.63) is 12.7 Å². The molecule has 0 radical (unpaired) electrons. The molecule has 0 aromatic heterocycles. The summed E-state index contributed by atoms with van der Waals surface area (Å²) in [6, 6.07) is -0.0690. The van der Waals surface area contributed by atoms with Gasteiger partial charge in [-0.2, -0.15) is 0 Å². The average Bonchev–Trinajstić information content (AvgIpc) is 2.27. The highest BCUT2D eigenvalue weighted by molar-refractivity contribution is 7.89. The summed E-state index contributed by atoms with van der Waals surface area (Å²) in [5, 5.41) is 3.24. The number of hydrogen-bond acceptors (Lipinski definition) is 4. The Morgan fingerprint density at radius 3 is 2.71 bits per heavy atom. The Morgan fingerprint density at radius 2 is 2.12 bits per heavy atom. The fourth-order valence-corrected chi connectivity index (χ4v) is 3.17. The highest BCUT2D eigenvalue weighted by Crippen LogP contribution is 1.98. The van der Waals surface area contributed by atoms with Gasteiger partial charge in [0.25, 0.3) is 0 Å². The minimum absolute atomic E-state index is 0.0690. The van der Waals surface area contributed by atoms with E-state index in [0.29, 0.717) is 13.0 Å². The summed E-state index contributed by atoms with van der Waals surface area (Å²) >= 11 is 0. The third-order valence-electron chi connectivity index (χ3n) is 2.79. The van der Waals surface area contributed by atoms with Gasteiger partial charge in [0.1, 0.15) is 0 Å². The van der Waals surface area contributed by atoms with Crippen LogP contribution in [0.3, 0.4) is 0 Å². The van der Waals surface area contributed by atoms with E-state index in [-0.39, 0.29) is 11.8 Å². The highest BCUT2D eigenvalue weighted by Gasteiger charge is 2.16. The second-order valence-corrected chi connectivity index (χ2v) is 6.33. The maximum Gasteiger partial charge on any atom is 0.213 e. The summed E-state index contributed by atoms with van der Waals surface area (Å²) in [5.41, 5.74) is 0. The summed E-state index contributed by atoms with van der Waals surface area (Å²) in [4.78, 5) is 2.17. The normalized spacial score (nSPS) is 20.1. The van der Waals surface area contributed by atoms with Crippen LogP contribution in [0.15, 0.2) is 12.7 Å². The molecule has 0 spiro atoms. The molecule has 0 amide bonds. The van der Waals surface area contributed by atoms with Crippen LogP contribution >= 0.6 is 0 Å². The molecular weight excluding hydrogens is 238 g/mol. The second kappa shape index (κ2) is 7.10. The molecule has 1 saturated heterocycles. The predicted molar refractivity (Wildman–Crippen MR) is 70.5 cm³/mol. The molecule has 1 aliphatic rings. The molecule has 1 rings (SSSR count). The second-order valence-electron chi connectivity index (χ2n) is 4.45. The summed E-state index contributed by atoms with van der Waals surface area (Å²) in [7, 11) is -3.16. The first-order valence-electron chi connectivity index (χ1n) is 6.07. The van der Waals surface area contributed by atoms with E-state index in [0.717, 1.165) is 26.2 Å². The molecule has 1 aliphatic heterocycles. The van der Waals surface area contributed by atoms with Crippen LogP contribution in [-0.4, -0.2) is 57.8 Å². The van der Waals surface area contributed by atoms with Crippen LogP contribution in [0.25, 0.3) is 0 Å². The number of sulfonamides is 1. The Balaban J connectivity index is 2.30. The molecule has 0 aliphatic carbocycles. The summed E-state index contributed by atoms with van der Waals surface area (Å²) < 4.78 is 26.2. The van der Waals surface area contributed by atoms with Crippen LogP contribution in [0.1, 0.15) is 13.3 Å². The van der Waals surface area contributed by atoms with Crippen LogP contribution in [0, 0.1) is 0 Å². The van der Waals surface area contributed by atoms with Gasteiger partial charge in [-0.05, 0) is 13.3 Å². The fraction of sp³-hybridized carbons (Fsp3) is 0.818. The quantitative estimate of drug-likeness (QED) is 0.622. The maximum absolute atomic E-state index is 11.8. The molecule has 17 heavy (non-hydrogen) atoms. The smallest absolute Gasteiger partial charge is 0.213 e. The van der Waals surface area contributed by atoms with Crippen molar-refractivity contribution in [2.75, 3.05) is 38.5 Å². The topological polar surface area (TPSA) is 61.4 Å². The van der Waals surface area contributed by atoms with E-state index in [1.54, 1.807) is 6.08 Å². The third kappa shape index (κ3) is 6.16. The molecule has 0 aromatic carbocycles. The van der Waals surface area contributed by atoms with Crippen LogP contribution in [0.4, 0.5) is 0 Å². The van der Waals surface area contributed by atoms with E-state index in [1.807, 2.05) is 6.92 Å². The molecule has 5 nitrogen and oxygen atoms in total. The number of nitrogens with zero attached hydrogens (tertiary/aromatic N) is 1. The molecule has 2 N–H and O–H groups in total. The SMILES string of the molecule is C=CCC(C)NS(=O)(=O)CCN1CCNCC1. The lowest BCUT2D eigenvalue weighted by molar-refractivity contribution is 0.253. The van der Waals surface area contributed by atoms with Gasteiger partial charge in [-0.3, -0.25) is 4.90 Å². The molecule has 0 aromatic rings. The van der Waals surface area contributed by atoms with E-state index in [9.17, 15) is 8.42 Å². The minimum atomic E-state index is -3.16. The van der Waals surface area contributed by atoms with Crippen molar-refractivity contribution in [1.82, 2.24) is 14.9 Å². The van der Waals surface area contributed by atoms with E-state index < -0.39 is 10.0 Å². The fourth-order valence-electron chi connectivity index (χ4n) is 1.85. The van der Waals surface area contributed by atoms with Crippen molar-refractivity contribution in [2.24, 2.45) is 0 Å². The Bertz CT molecular complexity index is 324. The van der Waals surface area contributed by atoms with Crippen LogP contribution in [-0.2, 0) is 10.0 Å². The first-order valence-corrected chi connectivity index (χ1v) is 7.72. The highest BCUT2D eigenvalue weighted by atomic mass is 32.2. The Labute approximate surface area is 104 Å². The van der Waals surface area contributed by atoms with Crippen molar-refractivity contribution in [1.29, 1.82) is 0 Å².